The van der Waals surface area contributed by atoms with Gasteiger partial charge in [0.25, 0.3) is 0 Å². The normalized spacial score (nSPS) is 9.62. The number of hydrogen-bond donors (Lipinski definition) is 1. The van der Waals surface area contributed by atoms with Gasteiger partial charge in [-0.1, -0.05) is 17.5 Å². The maximum atomic E-state index is 5.92. The van der Waals surface area contributed by atoms with Crippen LogP contribution in [0.1, 0.15) is 12.5 Å². The molecule has 0 aromatic carbocycles. The molecule has 0 atom stereocenters. The van der Waals surface area contributed by atoms with E-state index in [1.807, 2.05) is 12.1 Å². The van der Waals surface area contributed by atoms with E-state index in [0.717, 1.165) is 16.0 Å². The molecular weight excluding hydrogens is 240 g/mol. The summed E-state index contributed by atoms with van der Waals surface area (Å²) in [4.78, 5) is 5.15. The summed E-state index contributed by atoms with van der Waals surface area (Å²) in [7, 11) is 0. The Kier molecular flexibility index (Phi) is 3.14. The molecule has 2 nitrogen and oxygen atoms in total. The lowest BCUT2D eigenvalue weighted by molar-refractivity contribution is 1.32. The Labute approximate surface area is 103 Å². The van der Waals surface area contributed by atoms with E-state index in [2.05, 4.69) is 16.8 Å². The molecule has 2 N–H and O–H groups in total. The van der Waals surface area contributed by atoms with Crippen LogP contribution in [-0.2, 0) is 0 Å². The zero-order valence-electron chi connectivity index (χ0n) is 8.62. The van der Waals surface area contributed by atoms with Crippen LogP contribution in [-0.4, -0.2) is 4.98 Å². The molecule has 0 aliphatic carbocycles. The molecule has 2 heterocycles. The molecule has 2 rings (SSSR count). The number of nitrogens with zero attached hydrogens (tertiary/aromatic N) is 1. The van der Waals surface area contributed by atoms with Crippen molar-refractivity contribution in [3.63, 3.8) is 0 Å². The number of nitrogen functional groups attached to an aromatic ring is 1. The average Bonchev–Trinajstić information content (AvgIpc) is 2.60. The molecule has 0 aliphatic rings. The van der Waals surface area contributed by atoms with E-state index in [9.17, 15) is 0 Å². The van der Waals surface area contributed by atoms with Gasteiger partial charge in [-0.2, -0.15) is 0 Å². The van der Waals surface area contributed by atoms with Gasteiger partial charge in [0.1, 0.15) is 5.00 Å². The number of nitrogens with two attached hydrogens (primary N) is 1. The van der Waals surface area contributed by atoms with Crippen molar-refractivity contribution in [3.05, 3.63) is 35.1 Å². The van der Waals surface area contributed by atoms with Crippen molar-refractivity contribution < 1.29 is 0 Å². The Bertz CT molecular complexity index is 559. The molecule has 2 aromatic heterocycles. The average molecular weight is 249 g/mol. The number of hydrogen-bond acceptors (Lipinski definition) is 3. The third-order valence-electron chi connectivity index (χ3n) is 2.01. The summed E-state index contributed by atoms with van der Waals surface area (Å²) in [6, 6.07) is 3.83. The van der Waals surface area contributed by atoms with E-state index >= 15 is 0 Å². The monoisotopic (exact) mass is 248 g/mol. The highest BCUT2D eigenvalue weighted by atomic mass is 35.5. The van der Waals surface area contributed by atoms with Gasteiger partial charge < -0.3 is 5.73 Å². The molecule has 0 fully saturated rings. The molecule has 0 bridgehead atoms. The maximum absolute atomic E-state index is 5.92. The Morgan fingerprint density at radius 1 is 1.38 bits per heavy atom. The SMILES string of the molecule is CC#Cc1cncc(-c2cc(Cl)c(N)s2)c1. The van der Waals surface area contributed by atoms with Crippen LogP contribution < -0.4 is 5.73 Å². The zero-order chi connectivity index (χ0) is 11.5. The van der Waals surface area contributed by atoms with Crippen molar-refractivity contribution in [1.29, 1.82) is 0 Å². The first-order valence-electron chi connectivity index (χ1n) is 4.63. The number of halogens is 1. The molecule has 0 saturated carbocycles. The van der Waals surface area contributed by atoms with Gasteiger partial charge >= 0.3 is 0 Å². The van der Waals surface area contributed by atoms with Crippen LogP contribution in [0.15, 0.2) is 24.5 Å². The number of thiophene rings is 1. The van der Waals surface area contributed by atoms with Crippen molar-refractivity contribution in [2.75, 3.05) is 5.73 Å². The minimum atomic E-state index is 0.590. The van der Waals surface area contributed by atoms with Gasteiger partial charge in [-0.15, -0.1) is 17.3 Å². The fourth-order valence-electron chi connectivity index (χ4n) is 1.31. The first kappa shape index (κ1) is 11.0. The van der Waals surface area contributed by atoms with E-state index in [-0.39, 0.29) is 0 Å². The number of rotatable bonds is 1. The highest BCUT2D eigenvalue weighted by Gasteiger charge is 2.06. The summed E-state index contributed by atoms with van der Waals surface area (Å²) < 4.78 is 0. The second kappa shape index (κ2) is 4.56. The molecule has 0 unspecified atom stereocenters. The van der Waals surface area contributed by atoms with Crippen LogP contribution in [0.3, 0.4) is 0 Å². The van der Waals surface area contributed by atoms with E-state index in [0.29, 0.717) is 10.0 Å². The lowest BCUT2D eigenvalue weighted by atomic mass is 10.2. The van der Waals surface area contributed by atoms with Crippen LogP contribution in [0.25, 0.3) is 10.4 Å². The standard InChI is InChI=1S/C12H9ClN2S/c1-2-3-8-4-9(7-15-6-8)11-5-10(13)12(14)16-11/h4-7H,14H2,1H3. The fourth-order valence-corrected chi connectivity index (χ4v) is 2.40. The minimum Gasteiger partial charge on any atom is -0.389 e. The summed E-state index contributed by atoms with van der Waals surface area (Å²) in [5.74, 6) is 5.81. The van der Waals surface area contributed by atoms with Crippen LogP contribution >= 0.6 is 22.9 Å². The highest BCUT2D eigenvalue weighted by molar-refractivity contribution is 7.19. The van der Waals surface area contributed by atoms with Crippen molar-refractivity contribution in [3.8, 4) is 22.3 Å². The van der Waals surface area contributed by atoms with E-state index in [4.69, 9.17) is 17.3 Å². The molecule has 0 spiro atoms. The summed E-state index contributed by atoms with van der Waals surface area (Å²) in [5, 5.41) is 1.22. The smallest absolute Gasteiger partial charge is 0.105 e. The molecule has 0 saturated heterocycles. The Balaban J connectivity index is 2.46. The van der Waals surface area contributed by atoms with Gasteiger partial charge in [-0.3, -0.25) is 4.98 Å². The predicted octanol–water partition coefficient (Wildman–Crippen LogP) is 3.42. The number of aromatic nitrogens is 1. The van der Waals surface area contributed by atoms with Gasteiger partial charge in [0.05, 0.1) is 5.02 Å². The Hall–Kier alpha value is -1.50. The van der Waals surface area contributed by atoms with E-state index in [1.165, 1.54) is 11.3 Å². The summed E-state index contributed by atoms with van der Waals surface area (Å²) in [5.41, 5.74) is 7.59. The summed E-state index contributed by atoms with van der Waals surface area (Å²) in [6.07, 6.45) is 3.51. The van der Waals surface area contributed by atoms with E-state index < -0.39 is 0 Å². The topological polar surface area (TPSA) is 38.9 Å². The lowest BCUT2D eigenvalue weighted by Gasteiger charge is -1.96. The first-order valence-corrected chi connectivity index (χ1v) is 5.83. The zero-order valence-corrected chi connectivity index (χ0v) is 10.2. The van der Waals surface area contributed by atoms with Crippen molar-refractivity contribution >= 4 is 27.9 Å². The molecule has 2 aromatic rings. The van der Waals surface area contributed by atoms with Crippen LogP contribution in [0, 0.1) is 11.8 Å². The van der Waals surface area contributed by atoms with E-state index in [1.54, 1.807) is 19.3 Å². The third-order valence-corrected chi connectivity index (χ3v) is 3.44. The van der Waals surface area contributed by atoms with Crippen molar-refractivity contribution in [2.24, 2.45) is 0 Å². The molecule has 0 aliphatic heterocycles. The number of anilines is 1. The molecule has 80 valence electrons. The van der Waals surface area contributed by atoms with Crippen LogP contribution in [0.5, 0.6) is 0 Å². The minimum absolute atomic E-state index is 0.590. The fraction of sp³-hybridized carbons (Fsp3) is 0.0833. The quantitative estimate of drug-likeness (QED) is 0.786. The van der Waals surface area contributed by atoms with Crippen LogP contribution in [0.2, 0.25) is 5.02 Å². The molecule has 0 amide bonds. The second-order valence-corrected chi connectivity index (χ2v) is 4.65. The van der Waals surface area contributed by atoms with Gasteiger partial charge in [-0.25, -0.2) is 0 Å². The summed E-state index contributed by atoms with van der Waals surface area (Å²) >= 11 is 7.37. The van der Waals surface area contributed by atoms with Gasteiger partial charge in [0, 0.05) is 28.4 Å². The van der Waals surface area contributed by atoms with Gasteiger partial charge in [0.2, 0.25) is 0 Å². The summed E-state index contributed by atoms with van der Waals surface area (Å²) in [6.45, 7) is 1.80. The third kappa shape index (κ3) is 2.19. The van der Waals surface area contributed by atoms with Gasteiger partial charge in [0.15, 0.2) is 0 Å². The second-order valence-electron chi connectivity index (χ2n) is 3.16. The molecule has 4 heteroatoms. The predicted molar refractivity (Wildman–Crippen MR) is 69.5 cm³/mol. The molecule has 0 radical (unpaired) electrons. The Morgan fingerprint density at radius 3 is 2.81 bits per heavy atom. The van der Waals surface area contributed by atoms with Crippen molar-refractivity contribution in [2.45, 2.75) is 6.92 Å². The number of pyridine rings is 1. The first-order chi connectivity index (χ1) is 7.70. The lowest BCUT2D eigenvalue weighted by Crippen LogP contribution is -1.80. The molecular formula is C12H9ClN2S. The van der Waals surface area contributed by atoms with Gasteiger partial charge in [-0.05, 0) is 19.1 Å². The maximum Gasteiger partial charge on any atom is 0.105 e. The van der Waals surface area contributed by atoms with Crippen LogP contribution in [0.4, 0.5) is 5.00 Å². The Morgan fingerprint density at radius 2 is 2.19 bits per heavy atom. The highest BCUT2D eigenvalue weighted by Crippen LogP contribution is 2.36. The largest absolute Gasteiger partial charge is 0.389 e. The molecule has 16 heavy (non-hydrogen) atoms. The van der Waals surface area contributed by atoms with Crippen molar-refractivity contribution in [1.82, 2.24) is 4.98 Å².